The second-order valence-electron chi connectivity index (χ2n) is 5.42. The van der Waals surface area contributed by atoms with Gasteiger partial charge in [-0.05, 0) is 28.8 Å². The second-order valence-corrected chi connectivity index (χ2v) is 6.21. The van der Waals surface area contributed by atoms with Crippen molar-refractivity contribution in [1.29, 1.82) is 0 Å². The molecule has 1 aromatic heterocycles. The number of nitrogens with zero attached hydrogens (tertiary/aromatic N) is 1. The topological polar surface area (TPSA) is 54.6 Å². The highest BCUT2D eigenvalue weighted by Gasteiger charge is 2.46. The summed E-state index contributed by atoms with van der Waals surface area (Å²) in [5.74, 6) is -8.17. The van der Waals surface area contributed by atoms with E-state index in [1.165, 1.54) is 0 Å². The minimum absolute atomic E-state index is 0.196. The van der Waals surface area contributed by atoms with Crippen LogP contribution in [0.3, 0.4) is 0 Å². The van der Waals surface area contributed by atoms with E-state index in [9.17, 15) is 27.8 Å². The molecule has 2 aliphatic rings. The summed E-state index contributed by atoms with van der Waals surface area (Å²) in [6.45, 7) is 0. The summed E-state index contributed by atoms with van der Waals surface area (Å²) < 4.78 is 60.6. The number of aromatic nitrogens is 1. The fourth-order valence-corrected chi connectivity index (χ4v) is 3.63. The standard InChI is InChI=1S/C14H8BrF4NO3/c15-7-8(16)10(18)12(11(19)9(7)17)20-13(21)5-3-1-2-4(23-3)6(5)14(20)22/h3-4,21-22H,1-2H2. The predicted molar refractivity (Wildman–Crippen MR) is 72.4 cm³/mol. The molecule has 4 rings (SSSR count). The summed E-state index contributed by atoms with van der Waals surface area (Å²) in [5.41, 5.74) is -0.824. The van der Waals surface area contributed by atoms with Gasteiger partial charge in [-0.2, -0.15) is 0 Å². The highest BCUT2D eigenvalue weighted by molar-refractivity contribution is 9.10. The van der Waals surface area contributed by atoms with Crippen molar-refractivity contribution in [3.05, 3.63) is 38.9 Å². The zero-order valence-corrected chi connectivity index (χ0v) is 12.8. The van der Waals surface area contributed by atoms with Crippen LogP contribution in [0.4, 0.5) is 17.6 Å². The Morgan fingerprint density at radius 1 is 0.870 bits per heavy atom. The molecule has 2 N–H and O–H groups in total. The molecule has 122 valence electrons. The van der Waals surface area contributed by atoms with Gasteiger partial charge in [0.05, 0.1) is 27.8 Å². The van der Waals surface area contributed by atoms with Crippen LogP contribution in [0.25, 0.3) is 5.69 Å². The zero-order valence-electron chi connectivity index (χ0n) is 11.2. The van der Waals surface area contributed by atoms with Gasteiger partial charge in [-0.3, -0.25) is 0 Å². The van der Waals surface area contributed by atoms with Crippen molar-refractivity contribution in [2.75, 3.05) is 0 Å². The summed E-state index contributed by atoms with van der Waals surface area (Å²) >= 11 is 2.41. The Kier molecular flexibility index (Phi) is 2.99. The molecule has 0 spiro atoms. The van der Waals surface area contributed by atoms with Gasteiger partial charge in [-0.1, -0.05) is 0 Å². The number of ether oxygens (including phenoxy) is 1. The van der Waals surface area contributed by atoms with Gasteiger partial charge in [0, 0.05) is 0 Å². The smallest absolute Gasteiger partial charge is 0.205 e. The SMILES string of the molecule is Oc1c2c(c(O)n1-c1c(F)c(F)c(Br)c(F)c1F)C1CCC2O1. The van der Waals surface area contributed by atoms with Gasteiger partial charge in [0.15, 0.2) is 23.3 Å². The van der Waals surface area contributed by atoms with Crippen molar-refractivity contribution in [3.63, 3.8) is 0 Å². The van der Waals surface area contributed by atoms with E-state index in [1.807, 2.05) is 0 Å². The molecule has 0 aliphatic carbocycles. The molecule has 1 fully saturated rings. The Morgan fingerprint density at radius 3 is 1.74 bits per heavy atom. The largest absolute Gasteiger partial charge is 0.494 e. The van der Waals surface area contributed by atoms with E-state index in [4.69, 9.17) is 4.74 Å². The van der Waals surface area contributed by atoms with Crippen LogP contribution in [-0.4, -0.2) is 14.8 Å². The summed E-state index contributed by atoms with van der Waals surface area (Å²) in [6, 6.07) is 0. The molecule has 2 atom stereocenters. The quantitative estimate of drug-likeness (QED) is 0.435. The van der Waals surface area contributed by atoms with Gasteiger partial charge in [0.2, 0.25) is 11.8 Å². The molecule has 2 aliphatic heterocycles. The van der Waals surface area contributed by atoms with Gasteiger partial charge >= 0.3 is 0 Å². The van der Waals surface area contributed by atoms with Crippen LogP contribution in [0.1, 0.15) is 36.2 Å². The van der Waals surface area contributed by atoms with Gasteiger partial charge in [0.1, 0.15) is 5.69 Å². The molecule has 0 radical (unpaired) electrons. The first-order valence-corrected chi connectivity index (χ1v) is 7.47. The van der Waals surface area contributed by atoms with E-state index < -0.39 is 57.4 Å². The molecule has 23 heavy (non-hydrogen) atoms. The van der Waals surface area contributed by atoms with Crippen molar-refractivity contribution in [1.82, 2.24) is 4.57 Å². The van der Waals surface area contributed by atoms with Crippen LogP contribution in [0.5, 0.6) is 11.8 Å². The molecule has 2 aromatic rings. The molecule has 2 unspecified atom stereocenters. The first-order valence-electron chi connectivity index (χ1n) is 6.68. The van der Waals surface area contributed by atoms with Gasteiger partial charge in [-0.15, -0.1) is 0 Å². The second kappa shape index (κ2) is 4.64. The van der Waals surface area contributed by atoms with Gasteiger partial charge in [-0.25, -0.2) is 22.1 Å². The molecule has 0 amide bonds. The minimum Gasteiger partial charge on any atom is -0.494 e. The third kappa shape index (κ3) is 1.69. The average molecular weight is 394 g/mol. The van der Waals surface area contributed by atoms with E-state index in [0.717, 1.165) is 0 Å². The van der Waals surface area contributed by atoms with E-state index in [1.54, 1.807) is 0 Å². The molecular formula is C14H8BrF4NO3. The lowest BCUT2D eigenvalue weighted by atomic mass is 9.95. The van der Waals surface area contributed by atoms with Crippen molar-refractivity contribution < 1.29 is 32.5 Å². The van der Waals surface area contributed by atoms with Crippen LogP contribution in [0.15, 0.2) is 4.47 Å². The lowest BCUT2D eigenvalue weighted by Crippen LogP contribution is -2.08. The Balaban J connectivity index is 2.05. The Morgan fingerprint density at radius 2 is 1.30 bits per heavy atom. The fourth-order valence-electron chi connectivity index (χ4n) is 3.28. The number of halogens is 5. The zero-order chi connectivity index (χ0) is 16.6. The van der Waals surface area contributed by atoms with Crippen molar-refractivity contribution in [2.24, 2.45) is 0 Å². The number of benzene rings is 1. The molecular weight excluding hydrogens is 386 g/mol. The van der Waals surface area contributed by atoms with Crippen molar-refractivity contribution >= 4 is 15.9 Å². The van der Waals surface area contributed by atoms with Crippen molar-refractivity contribution in [3.8, 4) is 17.4 Å². The molecule has 0 saturated carbocycles. The van der Waals surface area contributed by atoms with E-state index in [-0.39, 0.29) is 11.1 Å². The molecule has 9 heteroatoms. The highest BCUT2D eigenvalue weighted by Crippen LogP contribution is 2.58. The van der Waals surface area contributed by atoms with Crippen LogP contribution >= 0.6 is 15.9 Å². The maximum Gasteiger partial charge on any atom is 0.205 e. The fraction of sp³-hybridized carbons (Fsp3) is 0.286. The first kappa shape index (κ1) is 14.8. The van der Waals surface area contributed by atoms with E-state index in [2.05, 4.69) is 15.9 Å². The Hall–Kier alpha value is -1.74. The number of fused-ring (bicyclic) bond motifs is 5. The maximum atomic E-state index is 14.1. The number of hydrogen-bond donors (Lipinski definition) is 2. The lowest BCUT2D eigenvalue weighted by molar-refractivity contribution is 0.0682. The van der Waals surface area contributed by atoms with Crippen LogP contribution < -0.4 is 0 Å². The minimum atomic E-state index is -1.73. The summed E-state index contributed by atoms with van der Waals surface area (Å²) in [5, 5.41) is 20.5. The molecule has 4 nitrogen and oxygen atoms in total. The third-order valence-electron chi connectivity index (χ3n) is 4.27. The third-order valence-corrected chi connectivity index (χ3v) is 4.97. The Bertz CT molecular complexity index is 804. The summed E-state index contributed by atoms with van der Waals surface area (Å²) in [4.78, 5) is 0. The highest BCUT2D eigenvalue weighted by atomic mass is 79.9. The predicted octanol–water partition coefficient (Wildman–Crippen LogP) is 4.11. The number of rotatable bonds is 1. The van der Waals surface area contributed by atoms with Crippen LogP contribution in [0.2, 0.25) is 0 Å². The summed E-state index contributed by atoms with van der Waals surface area (Å²) in [7, 11) is 0. The van der Waals surface area contributed by atoms with E-state index in [0.29, 0.717) is 17.4 Å². The molecule has 3 heterocycles. The number of hydrogen-bond acceptors (Lipinski definition) is 3. The first-order chi connectivity index (χ1) is 10.8. The van der Waals surface area contributed by atoms with E-state index >= 15 is 0 Å². The number of aromatic hydroxyl groups is 2. The average Bonchev–Trinajstić information content (AvgIpc) is 3.20. The lowest BCUT2D eigenvalue weighted by Gasteiger charge is -2.13. The summed E-state index contributed by atoms with van der Waals surface area (Å²) in [6.07, 6.45) is 0.114. The van der Waals surface area contributed by atoms with Gasteiger partial charge < -0.3 is 14.9 Å². The van der Waals surface area contributed by atoms with Crippen LogP contribution in [-0.2, 0) is 4.74 Å². The monoisotopic (exact) mass is 393 g/mol. The van der Waals surface area contributed by atoms with Crippen LogP contribution in [0, 0.1) is 23.3 Å². The Labute approximate surface area is 135 Å². The maximum absolute atomic E-state index is 14.1. The molecule has 1 aromatic carbocycles. The molecule has 2 bridgehead atoms. The van der Waals surface area contributed by atoms with Crippen molar-refractivity contribution in [2.45, 2.75) is 25.0 Å². The molecule has 1 saturated heterocycles. The normalized spacial score (nSPS) is 22.0. The van der Waals surface area contributed by atoms with Gasteiger partial charge in [0.25, 0.3) is 0 Å².